The lowest BCUT2D eigenvalue weighted by Crippen LogP contribution is -2.41. The Morgan fingerprint density at radius 3 is 2.71 bits per heavy atom. The summed E-state index contributed by atoms with van der Waals surface area (Å²) < 4.78 is 4.71. The number of carbonyl (C=O) groups is 1. The summed E-state index contributed by atoms with van der Waals surface area (Å²) in [4.78, 5) is 10.9. The zero-order valence-corrected chi connectivity index (χ0v) is 8.75. The highest BCUT2D eigenvalue weighted by Crippen LogP contribution is 1.98. The highest BCUT2D eigenvalue weighted by atomic mass is 16.5. The Hall–Kier alpha value is -0.650. The van der Waals surface area contributed by atoms with Crippen molar-refractivity contribution < 1.29 is 19.7 Å². The fourth-order valence-corrected chi connectivity index (χ4v) is 0.837. The van der Waals surface area contributed by atoms with Crippen molar-refractivity contribution in [2.75, 3.05) is 26.3 Å². The van der Waals surface area contributed by atoms with Gasteiger partial charge in [-0.2, -0.15) is 0 Å². The fourth-order valence-electron chi connectivity index (χ4n) is 0.837. The number of esters is 1. The first-order valence-corrected chi connectivity index (χ1v) is 4.71. The van der Waals surface area contributed by atoms with Crippen molar-refractivity contribution >= 4 is 5.97 Å². The van der Waals surface area contributed by atoms with Gasteiger partial charge in [0.1, 0.15) is 0 Å². The van der Waals surface area contributed by atoms with Crippen molar-refractivity contribution in [3.8, 4) is 0 Å². The van der Waals surface area contributed by atoms with Crippen LogP contribution in [-0.2, 0) is 9.53 Å². The van der Waals surface area contributed by atoms with E-state index in [1.807, 2.05) is 0 Å². The predicted octanol–water partition coefficient (Wildman–Crippen LogP) is -0.727. The Balaban J connectivity index is 3.42. The summed E-state index contributed by atoms with van der Waals surface area (Å²) in [7, 11) is 0. The van der Waals surface area contributed by atoms with Gasteiger partial charge in [-0.25, -0.2) is 0 Å². The van der Waals surface area contributed by atoms with Crippen molar-refractivity contribution in [3.05, 3.63) is 0 Å². The van der Waals surface area contributed by atoms with E-state index in [2.05, 4.69) is 5.32 Å². The largest absolute Gasteiger partial charge is 0.466 e. The highest BCUT2D eigenvalue weighted by molar-refractivity contribution is 5.69. The van der Waals surface area contributed by atoms with Crippen LogP contribution in [0.25, 0.3) is 0 Å². The number of carbonyl (C=O) groups excluding carboxylic acids is 1. The van der Waals surface area contributed by atoms with Crippen LogP contribution in [0.2, 0.25) is 0 Å². The Kier molecular flexibility index (Phi) is 6.44. The molecule has 0 spiro atoms. The van der Waals surface area contributed by atoms with E-state index in [0.29, 0.717) is 13.2 Å². The monoisotopic (exact) mass is 205 g/mol. The summed E-state index contributed by atoms with van der Waals surface area (Å²) in [5, 5.41) is 20.9. The molecule has 0 fully saturated rings. The molecule has 0 aromatic carbocycles. The Morgan fingerprint density at radius 2 is 2.21 bits per heavy atom. The van der Waals surface area contributed by atoms with E-state index in [-0.39, 0.29) is 25.5 Å². The van der Waals surface area contributed by atoms with Crippen molar-refractivity contribution in [1.82, 2.24) is 5.32 Å². The number of aliphatic hydroxyl groups is 2. The molecule has 0 saturated heterocycles. The number of nitrogens with one attached hydrogen (secondary N) is 1. The zero-order chi connectivity index (χ0) is 11.0. The number of ether oxygens (including phenoxy) is 1. The molecule has 84 valence electrons. The van der Waals surface area contributed by atoms with Gasteiger partial charge in [-0.1, -0.05) is 0 Å². The van der Waals surface area contributed by atoms with Gasteiger partial charge in [0.15, 0.2) is 0 Å². The molecule has 0 bridgehead atoms. The van der Waals surface area contributed by atoms with Crippen LogP contribution >= 0.6 is 0 Å². The van der Waals surface area contributed by atoms with Crippen LogP contribution in [0, 0.1) is 0 Å². The van der Waals surface area contributed by atoms with Crippen molar-refractivity contribution in [2.24, 2.45) is 0 Å². The highest BCUT2D eigenvalue weighted by Gasteiger charge is 2.17. The van der Waals surface area contributed by atoms with E-state index in [0.717, 1.165) is 0 Å². The minimum atomic E-state index is -1.13. The Labute approximate surface area is 84.1 Å². The van der Waals surface area contributed by atoms with Gasteiger partial charge in [-0.15, -0.1) is 0 Å². The van der Waals surface area contributed by atoms with Gasteiger partial charge in [0, 0.05) is 13.1 Å². The third-order valence-electron chi connectivity index (χ3n) is 1.66. The SMILES string of the molecule is CCOC(=O)CCNCC(C)(O)CO. The van der Waals surface area contributed by atoms with Gasteiger partial charge in [0.2, 0.25) is 0 Å². The van der Waals surface area contributed by atoms with Gasteiger partial charge >= 0.3 is 5.97 Å². The van der Waals surface area contributed by atoms with Gasteiger partial charge < -0.3 is 20.3 Å². The van der Waals surface area contributed by atoms with Crippen LogP contribution in [0.3, 0.4) is 0 Å². The molecular weight excluding hydrogens is 186 g/mol. The normalized spacial score (nSPS) is 14.9. The lowest BCUT2D eigenvalue weighted by atomic mass is 10.1. The summed E-state index contributed by atoms with van der Waals surface area (Å²) in [5.41, 5.74) is -1.13. The van der Waals surface area contributed by atoms with Crippen molar-refractivity contribution in [3.63, 3.8) is 0 Å². The van der Waals surface area contributed by atoms with Crippen LogP contribution in [0.5, 0.6) is 0 Å². The molecule has 14 heavy (non-hydrogen) atoms. The van der Waals surface area contributed by atoms with E-state index >= 15 is 0 Å². The van der Waals surface area contributed by atoms with Crippen LogP contribution in [0.15, 0.2) is 0 Å². The lowest BCUT2D eigenvalue weighted by molar-refractivity contribution is -0.143. The molecule has 3 N–H and O–H groups in total. The molecule has 0 aliphatic carbocycles. The molecule has 0 saturated carbocycles. The molecule has 5 heteroatoms. The minimum absolute atomic E-state index is 0.253. The lowest BCUT2D eigenvalue weighted by Gasteiger charge is -2.20. The van der Waals surface area contributed by atoms with Crippen LogP contribution in [-0.4, -0.2) is 48.1 Å². The first kappa shape index (κ1) is 13.4. The molecular formula is C9H19NO4. The van der Waals surface area contributed by atoms with Gasteiger partial charge in [0.25, 0.3) is 0 Å². The van der Waals surface area contributed by atoms with E-state index in [9.17, 15) is 9.90 Å². The number of rotatable bonds is 7. The molecule has 0 amide bonds. The third kappa shape index (κ3) is 6.82. The number of hydrogen-bond acceptors (Lipinski definition) is 5. The van der Waals surface area contributed by atoms with Gasteiger partial charge in [-0.05, 0) is 13.8 Å². The van der Waals surface area contributed by atoms with E-state index in [4.69, 9.17) is 9.84 Å². The number of hydrogen-bond donors (Lipinski definition) is 3. The molecule has 0 aromatic heterocycles. The summed E-state index contributed by atoms with van der Waals surface area (Å²) in [6.07, 6.45) is 0.273. The summed E-state index contributed by atoms with van der Waals surface area (Å²) in [6, 6.07) is 0. The standard InChI is InChI=1S/C9H19NO4/c1-3-14-8(12)4-5-10-6-9(2,13)7-11/h10-11,13H,3-7H2,1-2H3. The second-order valence-electron chi connectivity index (χ2n) is 3.39. The molecule has 1 unspecified atom stereocenters. The fraction of sp³-hybridized carbons (Fsp3) is 0.889. The van der Waals surface area contributed by atoms with E-state index in [1.165, 1.54) is 6.92 Å². The first-order valence-electron chi connectivity index (χ1n) is 4.71. The first-order chi connectivity index (χ1) is 6.52. The maximum atomic E-state index is 10.9. The van der Waals surface area contributed by atoms with Gasteiger partial charge in [-0.3, -0.25) is 4.79 Å². The van der Waals surface area contributed by atoms with Crippen LogP contribution < -0.4 is 5.32 Å². The second kappa shape index (κ2) is 6.75. The maximum absolute atomic E-state index is 10.9. The second-order valence-corrected chi connectivity index (χ2v) is 3.39. The van der Waals surface area contributed by atoms with E-state index < -0.39 is 5.60 Å². The van der Waals surface area contributed by atoms with Crippen molar-refractivity contribution in [1.29, 1.82) is 0 Å². The van der Waals surface area contributed by atoms with Crippen LogP contribution in [0.1, 0.15) is 20.3 Å². The van der Waals surface area contributed by atoms with Crippen LogP contribution in [0.4, 0.5) is 0 Å². The average Bonchev–Trinajstić information content (AvgIpc) is 2.13. The topological polar surface area (TPSA) is 78.8 Å². The molecule has 0 aliphatic heterocycles. The molecule has 0 rings (SSSR count). The average molecular weight is 205 g/mol. The molecule has 0 radical (unpaired) electrons. The predicted molar refractivity (Wildman–Crippen MR) is 51.8 cm³/mol. The molecule has 0 aromatic rings. The summed E-state index contributed by atoms with van der Waals surface area (Å²) >= 11 is 0. The smallest absolute Gasteiger partial charge is 0.307 e. The summed E-state index contributed by atoms with van der Waals surface area (Å²) in [6.45, 7) is 4.04. The molecule has 0 heterocycles. The zero-order valence-electron chi connectivity index (χ0n) is 8.75. The Bertz CT molecular complexity index is 170. The molecule has 1 atom stereocenters. The molecule has 0 aliphatic rings. The quantitative estimate of drug-likeness (QED) is 0.377. The van der Waals surface area contributed by atoms with E-state index in [1.54, 1.807) is 6.92 Å². The van der Waals surface area contributed by atoms with Gasteiger partial charge in [0.05, 0.1) is 25.2 Å². The number of aliphatic hydroxyl groups excluding tert-OH is 1. The third-order valence-corrected chi connectivity index (χ3v) is 1.66. The maximum Gasteiger partial charge on any atom is 0.307 e. The molecule has 5 nitrogen and oxygen atoms in total. The van der Waals surface area contributed by atoms with Crippen molar-refractivity contribution in [2.45, 2.75) is 25.9 Å². The minimum Gasteiger partial charge on any atom is -0.466 e. The Morgan fingerprint density at radius 1 is 1.57 bits per heavy atom. The summed E-state index contributed by atoms with van der Waals surface area (Å²) in [5.74, 6) is -0.261.